The molecule has 0 radical (unpaired) electrons. The van der Waals surface area contributed by atoms with Gasteiger partial charge in [0.25, 0.3) is 0 Å². The Kier molecular flexibility index (Phi) is 4.91. The molecule has 0 aliphatic carbocycles. The lowest BCUT2D eigenvalue weighted by molar-refractivity contribution is -0.120. The highest BCUT2D eigenvalue weighted by molar-refractivity contribution is 5.96. The van der Waals surface area contributed by atoms with E-state index in [9.17, 15) is 4.79 Å². The molecule has 104 valence electrons. The number of anilines is 1. The minimum Gasteiger partial charge on any atom is -0.320 e. The van der Waals surface area contributed by atoms with Gasteiger partial charge in [0.05, 0.1) is 12.6 Å². The molecule has 2 aromatic carbocycles. The number of hydrogen-bond donors (Lipinski definition) is 1. The maximum atomic E-state index is 12.5. The van der Waals surface area contributed by atoms with Crippen LogP contribution in [0.25, 0.3) is 0 Å². The lowest BCUT2D eigenvalue weighted by atomic mass is 10.1. The molecule has 0 bridgehead atoms. The predicted molar refractivity (Wildman–Crippen MR) is 82.3 cm³/mol. The lowest BCUT2D eigenvalue weighted by Gasteiger charge is -2.25. The van der Waals surface area contributed by atoms with E-state index in [1.165, 1.54) is 0 Å². The zero-order chi connectivity index (χ0) is 14.4. The molecule has 0 saturated heterocycles. The monoisotopic (exact) mass is 268 g/mol. The highest BCUT2D eigenvalue weighted by Crippen LogP contribution is 2.18. The van der Waals surface area contributed by atoms with E-state index in [0.29, 0.717) is 13.0 Å². The van der Waals surface area contributed by atoms with Crippen molar-refractivity contribution in [3.05, 3.63) is 66.2 Å². The standard InChI is InChI=1S/C17H20N2O/c1-2-16(18)17(20)19(15-11-7-4-8-12-15)13-14-9-5-3-6-10-14/h3-12,16H,2,13,18H2,1H3. The van der Waals surface area contributed by atoms with Crippen LogP contribution in [-0.4, -0.2) is 11.9 Å². The first-order chi connectivity index (χ1) is 9.72. The Morgan fingerprint density at radius 1 is 1.05 bits per heavy atom. The summed E-state index contributed by atoms with van der Waals surface area (Å²) in [5.74, 6) is -0.0393. The highest BCUT2D eigenvalue weighted by Gasteiger charge is 2.21. The molecule has 0 saturated carbocycles. The Labute approximate surface area is 120 Å². The number of rotatable bonds is 5. The first kappa shape index (κ1) is 14.3. The first-order valence-corrected chi connectivity index (χ1v) is 6.88. The van der Waals surface area contributed by atoms with Gasteiger partial charge in [-0.2, -0.15) is 0 Å². The van der Waals surface area contributed by atoms with Crippen molar-refractivity contribution < 1.29 is 4.79 Å². The molecule has 1 unspecified atom stereocenters. The fourth-order valence-electron chi connectivity index (χ4n) is 2.05. The van der Waals surface area contributed by atoms with Crippen molar-refractivity contribution in [1.82, 2.24) is 0 Å². The first-order valence-electron chi connectivity index (χ1n) is 6.88. The molecule has 0 spiro atoms. The molecular weight excluding hydrogens is 248 g/mol. The molecule has 0 fully saturated rings. The van der Waals surface area contributed by atoms with Gasteiger partial charge in [0.2, 0.25) is 5.91 Å². The van der Waals surface area contributed by atoms with Crippen LogP contribution in [0.5, 0.6) is 0 Å². The summed E-state index contributed by atoms with van der Waals surface area (Å²) in [7, 11) is 0. The molecule has 0 heterocycles. The number of hydrogen-bond acceptors (Lipinski definition) is 2. The second-order valence-corrected chi connectivity index (χ2v) is 4.76. The average molecular weight is 268 g/mol. The maximum absolute atomic E-state index is 12.5. The minimum atomic E-state index is -0.459. The summed E-state index contributed by atoms with van der Waals surface area (Å²) in [5.41, 5.74) is 7.89. The Hall–Kier alpha value is -2.13. The van der Waals surface area contributed by atoms with Crippen molar-refractivity contribution in [3.8, 4) is 0 Å². The van der Waals surface area contributed by atoms with Crippen molar-refractivity contribution >= 4 is 11.6 Å². The van der Waals surface area contributed by atoms with Crippen LogP contribution in [0.2, 0.25) is 0 Å². The van der Waals surface area contributed by atoms with Gasteiger partial charge in [-0.15, -0.1) is 0 Å². The summed E-state index contributed by atoms with van der Waals surface area (Å²) in [6, 6.07) is 19.2. The average Bonchev–Trinajstić information content (AvgIpc) is 2.53. The maximum Gasteiger partial charge on any atom is 0.244 e. The summed E-state index contributed by atoms with van der Waals surface area (Å²) in [6.45, 7) is 2.46. The normalized spacial score (nSPS) is 11.9. The zero-order valence-corrected chi connectivity index (χ0v) is 11.7. The second kappa shape index (κ2) is 6.87. The van der Waals surface area contributed by atoms with Crippen LogP contribution in [0, 0.1) is 0 Å². The lowest BCUT2D eigenvalue weighted by Crippen LogP contribution is -2.43. The van der Waals surface area contributed by atoms with Crippen molar-refractivity contribution in [1.29, 1.82) is 0 Å². The van der Waals surface area contributed by atoms with Gasteiger partial charge in [0, 0.05) is 5.69 Å². The van der Waals surface area contributed by atoms with Crippen molar-refractivity contribution in [2.24, 2.45) is 5.73 Å². The molecule has 3 nitrogen and oxygen atoms in total. The van der Waals surface area contributed by atoms with Crippen LogP contribution < -0.4 is 10.6 Å². The van der Waals surface area contributed by atoms with Crippen molar-refractivity contribution in [3.63, 3.8) is 0 Å². The van der Waals surface area contributed by atoms with E-state index in [0.717, 1.165) is 11.3 Å². The van der Waals surface area contributed by atoms with Crippen LogP contribution in [0.4, 0.5) is 5.69 Å². The van der Waals surface area contributed by atoms with Gasteiger partial charge in [0.1, 0.15) is 0 Å². The number of benzene rings is 2. The number of nitrogens with zero attached hydrogens (tertiary/aromatic N) is 1. The Bertz CT molecular complexity index is 539. The van der Waals surface area contributed by atoms with Crippen LogP contribution in [0.1, 0.15) is 18.9 Å². The van der Waals surface area contributed by atoms with Gasteiger partial charge in [-0.1, -0.05) is 55.5 Å². The van der Waals surface area contributed by atoms with Crippen LogP contribution in [-0.2, 0) is 11.3 Å². The van der Waals surface area contributed by atoms with Gasteiger partial charge in [-0.05, 0) is 24.1 Å². The number of amides is 1. The van der Waals surface area contributed by atoms with E-state index >= 15 is 0 Å². The third kappa shape index (κ3) is 3.45. The van der Waals surface area contributed by atoms with Gasteiger partial charge >= 0.3 is 0 Å². The molecule has 2 rings (SSSR count). The molecule has 0 aliphatic heterocycles. The van der Waals surface area contributed by atoms with E-state index in [1.807, 2.05) is 67.6 Å². The van der Waals surface area contributed by atoms with E-state index in [2.05, 4.69) is 0 Å². The zero-order valence-electron chi connectivity index (χ0n) is 11.7. The number of para-hydroxylation sites is 1. The quantitative estimate of drug-likeness (QED) is 0.906. The second-order valence-electron chi connectivity index (χ2n) is 4.76. The molecule has 0 aliphatic rings. The summed E-state index contributed by atoms with van der Waals surface area (Å²) >= 11 is 0. The molecule has 2 aromatic rings. The van der Waals surface area contributed by atoms with Crippen molar-refractivity contribution in [2.75, 3.05) is 4.90 Å². The van der Waals surface area contributed by atoms with Gasteiger partial charge in [0.15, 0.2) is 0 Å². The van der Waals surface area contributed by atoms with Gasteiger partial charge < -0.3 is 10.6 Å². The van der Waals surface area contributed by atoms with E-state index in [4.69, 9.17) is 5.73 Å². The highest BCUT2D eigenvalue weighted by atomic mass is 16.2. The van der Waals surface area contributed by atoms with Crippen molar-refractivity contribution in [2.45, 2.75) is 25.9 Å². The topological polar surface area (TPSA) is 46.3 Å². The Morgan fingerprint density at radius 3 is 2.15 bits per heavy atom. The van der Waals surface area contributed by atoms with Crippen LogP contribution in [0.15, 0.2) is 60.7 Å². The summed E-state index contributed by atoms with van der Waals surface area (Å²) in [5, 5.41) is 0. The SMILES string of the molecule is CCC(N)C(=O)N(Cc1ccccc1)c1ccccc1. The van der Waals surface area contributed by atoms with Gasteiger partial charge in [-0.3, -0.25) is 4.79 Å². The van der Waals surface area contributed by atoms with E-state index < -0.39 is 6.04 Å². The third-order valence-corrected chi connectivity index (χ3v) is 3.27. The smallest absolute Gasteiger partial charge is 0.244 e. The van der Waals surface area contributed by atoms with E-state index in [-0.39, 0.29) is 5.91 Å². The molecule has 0 aromatic heterocycles. The molecule has 2 N–H and O–H groups in total. The van der Waals surface area contributed by atoms with Crippen LogP contribution in [0.3, 0.4) is 0 Å². The van der Waals surface area contributed by atoms with Crippen LogP contribution >= 0.6 is 0 Å². The van der Waals surface area contributed by atoms with Gasteiger partial charge in [-0.25, -0.2) is 0 Å². The fraction of sp³-hybridized carbons (Fsp3) is 0.235. The molecule has 3 heteroatoms. The number of carbonyl (C=O) groups excluding carboxylic acids is 1. The third-order valence-electron chi connectivity index (χ3n) is 3.27. The Balaban J connectivity index is 2.27. The fourth-order valence-corrected chi connectivity index (χ4v) is 2.05. The largest absolute Gasteiger partial charge is 0.320 e. The van der Waals surface area contributed by atoms with E-state index in [1.54, 1.807) is 4.90 Å². The number of nitrogens with two attached hydrogens (primary N) is 1. The molecular formula is C17H20N2O. The minimum absolute atomic E-state index is 0.0393. The predicted octanol–water partition coefficient (Wildman–Crippen LogP) is 2.96. The number of carbonyl (C=O) groups is 1. The summed E-state index contributed by atoms with van der Waals surface area (Å²) in [6.07, 6.45) is 0.636. The molecule has 1 amide bonds. The molecule has 1 atom stereocenters. The molecule has 20 heavy (non-hydrogen) atoms. The Morgan fingerprint density at radius 2 is 1.60 bits per heavy atom. The summed E-state index contributed by atoms with van der Waals surface area (Å²) in [4.78, 5) is 14.2. The summed E-state index contributed by atoms with van der Waals surface area (Å²) < 4.78 is 0.